The summed E-state index contributed by atoms with van der Waals surface area (Å²) in [4.78, 5) is 24.5. The van der Waals surface area contributed by atoms with E-state index in [4.69, 9.17) is 5.73 Å². The molecule has 1 aliphatic heterocycles. The zero-order valence-electron chi connectivity index (χ0n) is 12.7. The molecule has 1 saturated heterocycles. The number of carbonyl (C=O) groups excluding carboxylic acids is 2. The largest absolute Gasteiger partial charge is 0.369 e. The highest BCUT2D eigenvalue weighted by Gasteiger charge is 2.28. The average Bonchev–Trinajstić information content (AvgIpc) is 2.42. The highest BCUT2D eigenvalue weighted by atomic mass is 16.2. The number of quaternary nitrogens is 1. The van der Waals surface area contributed by atoms with Crippen molar-refractivity contribution in [1.29, 1.82) is 0 Å². The monoisotopic (exact) mass is 290 g/mol. The van der Waals surface area contributed by atoms with Gasteiger partial charge in [0.25, 0.3) is 5.91 Å². The molecule has 1 aromatic rings. The first kappa shape index (κ1) is 15.5. The Hall–Kier alpha value is -1.88. The second-order valence-corrected chi connectivity index (χ2v) is 5.99. The molecule has 1 fully saturated rings. The number of rotatable bonds is 4. The van der Waals surface area contributed by atoms with Crippen molar-refractivity contribution in [1.82, 2.24) is 0 Å². The topological polar surface area (TPSA) is 76.6 Å². The van der Waals surface area contributed by atoms with Crippen LogP contribution in [0.3, 0.4) is 0 Å². The Bertz CT molecular complexity index is 542. The number of primary amides is 1. The van der Waals surface area contributed by atoms with Crippen molar-refractivity contribution in [2.75, 3.05) is 25.0 Å². The quantitative estimate of drug-likeness (QED) is 0.731. The summed E-state index contributed by atoms with van der Waals surface area (Å²) in [7, 11) is 0. The smallest absolute Gasteiger partial charge is 0.279 e. The molecular weight excluding hydrogens is 266 g/mol. The van der Waals surface area contributed by atoms with Crippen molar-refractivity contribution in [3.8, 4) is 0 Å². The van der Waals surface area contributed by atoms with Crippen molar-refractivity contribution >= 4 is 17.5 Å². The van der Waals surface area contributed by atoms with E-state index in [9.17, 15) is 9.59 Å². The van der Waals surface area contributed by atoms with Crippen LogP contribution in [-0.4, -0.2) is 31.4 Å². The van der Waals surface area contributed by atoms with Gasteiger partial charge in [0, 0.05) is 5.69 Å². The third kappa shape index (κ3) is 4.29. The van der Waals surface area contributed by atoms with E-state index in [0.717, 1.165) is 35.5 Å². The lowest BCUT2D eigenvalue weighted by molar-refractivity contribution is -0.899. The van der Waals surface area contributed by atoms with Gasteiger partial charge in [0.05, 0.1) is 19.0 Å². The number of nitrogens with two attached hydrogens (primary N) is 1. The number of hydrogen-bond acceptors (Lipinski definition) is 2. The summed E-state index contributed by atoms with van der Waals surface area (Å²) < 4.78 is 0. The minimum absolute atomic E-state index is 0.0120. The number of carbonyl (C=O) groups is 2. The summed E-state index contributed by atoms with van der Waals surface area (Å²) in [6.45, 7) is 5.98. The van der Waals surface area contributed by atoms with Crippen molar-refractivity contribution in [2.45, 2.75) is 26.7 Å². The standard InChI is InChI=1S/C16H23N3O2/c1-11-5-6-14(12(2)8-11)18-15(20)10-19-7-3-4-13(9-19)16(17)21/h5-6,8,13H,3-4,7,9-10H2,1-2H3,(H2,17,21)(H,18,20)/p+1/t13-/m1/s1. The maximum Gasteiger partial charge on any atom is 0.279 e. The number of likely N-dealkylation sites (tertiary alicyclic amines) is 1. The third-order valence-corrected chi connectivity index (χ3v) is 4.09. The van der Waals surface area contributed by atoms with Gasteiger partial charge >= 0.3 is 0 Å². The first-order valence-corrected chi connectivity index (χ1v) is 7.45. The number of piperidine rings is 1. The summed E-state index contributed by atoms with van der Waals surface area (Å²) in [5.41, 5.74) is 8.46. The maximum absolute atomic E-state index is 12.1. The number of nitrogens with one attached hydrogen (secondary N) is 2. The molecule has 1 heterocycles. The van der Waals surface area contributed by atoms with E-state index in [1.54, 1.807) is 0 Å². The lowest BCUT2D eigenvalue weighted by Crippen LogP contribution is -3.14. The van der Waals surface area contributed by atoms with Gasteiger partial charge in [0.15, 0.2) is 6.54 Å². The minimum Gasteiger partial charge on any atom is -0.369 e. The number of aryl methyl sites for hydroxylation is 2. The second kappa shape index (κ2) is 6.72. The van der Waals surface area contributed by atoms with Crippen molar-refractivity contribution in [3.63, 3.8) is 0 Å². The molecule has 1 aliphatic rings. The summed E-state index contributed by atoms with van der Waals surface area (Å²) in [5, 5.41) is 2.95. The zero-order chi connectivity index (χ0) is 15.4. The van der Waals surface area contributed by atoms with E-state index in [-0.39, 0.29) is 17.7 Å². The molecule has 114 valence electrons. The van der Waals surface area contributed by atoms with Crippen LogP contribution in [0.5, 0.6) is 0 Å². The Kier molecular flexibility index (Phi) is 4.96. The molecule has 1 unspecified atom stereocenters. The number of benzene rings is 1. The van der Waals surface area contributed by atoms with Gasteiger partial charge in [-0.15, -0.1) is 0 Å². The first-order valence-electron chi connectivity index (χ1n) is 7.45. The predicted molar refractivity (Wildman–Crippen MR) is 82.0 cm³/mol. The molecule has 1 aromatic carbocycles. The Morgan fingerprint density at radius 1 is 1.38 bits per heavy atom. The van der Waals surface area contributed by atoms with Gasteiger partial charge in [-0.2, -0.15) is 0 Å². The fourth-order valence-electron chi connectivity index (χ4n) is 2.93. The van der Waals surface area contributed by atoms with E-state index in [0.29, 0.717) is 13.1 Å². The zero-order valence-corrected chi connectivity index (χ0v) is 12.7. The normalized spacial score (nSPS) is 21.8. The van der Waals surface area contributed by atoms with Crippen LogP contribution in [0.1, 0.15) is 24.0 Å². The SMILES string of the molecule is Cc1ccc(NC(=O)C[NH+]2CCC[C@@H](C(N)=O)C2)c(C)c1. The van der Waals surface area contributed by atoms with Crippen LogP contribution in [0.4, 0.5) is 5.69 Å². The molecule has 2 rings (SSSR count). The lowest BCUT2D eigenvalue weighted by atomic mass is 9.97. The van der Waals surface area contributed by atoms with Gasteiger partial charge in [-0.25, -0.2) is 0 Å². The van der Waals surface area contributed by atoms with E-state index >= 15 is 0 Å². The molecule has 0 aromatic heterocycles. The lowest BCUT2D eigenvalue weighted by Gasteiger charge is -2.27. The molecule has 0 bridgehead atoms. The Balaban J connectivity index is 1.91. The maximum atomic E-state index is 12.1. The van der Waals surface area contributed by atoms with Crippen LogP contribution in [0.15, 0.2) is 18.2 Å². The van der Waals surface area contributed by atoms with Crippen LogP contribution in [-0.2, 0) is 9.59 Å². The molecule has 0 radical (unpaired) electrons. The number of hydrogen-bond donors (Lipinski definition) is 3. The number of anilines is 1. The Morgan fingerprint density at radius 3 is 2.81 bits per heavy atom. The van der Waals surface area contributed by atoms with Crippen LogP contribution in [0.25, 0.3) is 0 Å². The molecule has 2 atom stereocenters. The fourth-order valence-corrected chi connectivity index (χ4v) is 2.93. The molecule has 0 aliphatic carbocycles. The summed E-state index contributed by atoms with van der Waals surface area (Å²) in [6.07, 6.45) is 1.79. The van der Waals surface area contributed by atoms with E-state index in [1.165, 1.54) is 5.56 Å². The predicted octanol–water partition coefficient (Wildman–Crippen LogP) is 0.0221. The Labute approximate surface area is 125 Å². The molecular formula is C16H24N3O2+. The van der Waals surface area contributed by atoms with E-state index < -0.39 is 0 Å². The second-order valence-electron chi connectivity index (χ2n) is 5.99. The highest BCUT2D eigenvalue weighted by Crippen LogP contribution is 2.15. The van der Waals surface area contributed by atoms with Gasteiger partial charge in [-0.3, -0.25) is 9.59 Å². The van der Waals surface area contributed by atoms with Crippen molar-refractivity contribution < 1.29 is 14.5 Å². The molecule has 5 heteroatoms. The minimum atomic E-state index is -0.248. The van der Waals surface area contributed by atoms with Gasteiger partial charge in [-0.05, 0) is 38.3 Å². The first-order chi connectivity index (χ1) is 9.95. The third-order valence-electron chi connectivity index (χ3n) is 4.09. The fraction of sp³-hybridized carbons (Fsp3) is 0.500. The molecule has 2 amide bonds. The molecule has 4 N–H and O–H groups in total. The van der Waals surface area contributed by atoms with Gasteiger partial charge in [0.2, 0.25) is 5.91 Å². The van der Waals surface area contributed by atoms with Gasteiger partial charge < -0.3 is 16.0 Å². The summed E-state index contributed by atoms with van der Waals surface area (Å²) in [5.74, 6) is -0.355. The van der Waals surface area contributed by atoms with Crippen LogP contribution >= 0.6 is 0 Å². The van der Waals surface area contributed by atoms with E-state index in [1.807, 2.05) is 32.0 Å². The van der Waals surface area contributed by atoms with Crippen molar-refractivity contribution in [2.24, 2.45) is 11.7 Å². The Morgan fingerprint density at radius 2 is 2.14 bits per heavy atom. The van der Waals surface area contributed by atoms with E-state index in [2.05, 4.69) is 5.32 Å². The molecule has 5 nitrogen and oxygen atoms in total. The molecule has 0 saturated carbocycles. The van der Waals surface area contributed by atoms with Gasteiger partial charge in [-0.1, -0.05) is 17.7 Å². The summed E-state index contributed by atoms with van der Waals surface area (Å²) in [6, 6.07) is 5.96. The van der Waals surface area contributed by atoms with Gasteiger partial charge in [0.1, 0.15) is 0 Å². The summed E-state index contributed by atoms with van der Waals surface area (Å²) >= 11 is 0. The average molecular weight is 290 g/mol. The van der Waals surface area contributed by atoms with Crippen LogP contribution in [0, 0.1) is 19.8 Å². The number of amides is 2. The van der Waals surface area contributed by atoms with Crippen LogP contribution < -0.4 is 16.0 Å². The molecule has 21 heavy (non-hydrogen) atoms. The van der Waals surface area contributed by atoms with Crippen LogP contribution in [0.2, 0.25) is 0 Å². The van der Waals surface area contributed by atoms with Crippen molar-refractivity contribution in [3.05, 3.63) is 29.3 Å². The molecule has 0 spiro atoms. The highest BCUT2D eigenvalue weighted by molar-refractivity contribution is 5.92.